The van der Waals surface area contributed by atoms with Crippen LogP contribution in [0.5, 0.6) is 0 Å². The zero-order valence-electron chi connectivity index (χ0n) is 11.2. The van der Waals surface area contributed by atoms with Crippen LogP contribution in [0, 0.1) is 0 Å². The van der Waals surface area contributed by atoms with Crippen LogP contribution >= 0.6 is 11.8 Å². The molecule has 0 aliphatic carbocycles. The Morgan fingerprint density at radius 1 is 1.38 bits per heavy atom. The molecule has 1 atom stereocenters. The van der Waals surface area contributed by atoms with Gasteiger partial charge in [0.05, 0.1) is 6.04 Å². The highest BCUT2D eigenvalue weighted by molar-refractivity contribution is 8.14. The SMILES string of the molecule is O=C(Cn1cnc(-c2ccccc2)n1)NC1CCSC1=O. The smallest absolute Gasteiger partial charge is 0.242 e. The lowest BCUT2D eigenvalue weighted by atomic mass is 10.2. The lowest BCUT2D eigenvalue weighted by molar-refractivity contribution is -0.125. The van der Waals surface area contributed by atoms with Gasteiger partial charge < -0.3 is 5.32 Å². The molecule has 1 aromatic heterocycles. The maximum absolute atomic E-state index is 11.9. The number of carbonyl (C=O) groups is 2. The van der Waals surface area contributed by atoms with Crippen LogP contribution in [-0.2, 0) is 16.1 Å². The van der Waals surface area contributed by atoms with E-state index in [0.717, 1.165) is 11.3 Å². The number of aromatic nitrogens is 3. The second-order valence-corrected chi connectivity index (χ2v) is 5.81. The topological polar surface area (TPSA) is 76.9 Å². The van der Waals surface area contributed by atoms with Gasteiger partial charge in [0.25, 0.3) is 0 Å². The molecule has 2 heterocycles. The molecule has 0 radical (unpaired) electrons. The van der Waals surface area contributed by atoms with Crippen molar-refractivity contribution >= 4 is 22.8 Å². The second-order valence-electron chi connectivity index (χ2n) is 4.71. The Hall–Kier alpha value is -2.15. The molecule has 0 saturated carbocycles. The lowest BCUT2D eigenvalue weighted by Crippen LogP contribution is -2.39. The van der Waals surface area contributed by atoms with Crippen molar-refractivity contribution in [1.82, 2.24) is 20.1 Å². The third-order valence-electron chi connectivity index (χ3n) is 3.14. The Balaban J connectivity index is 1.62. The summed E-state index contributed by atoms with van der Waals surface area (Å²) < 4.78 is 1.48. The van der Waals surface area contributed by atoms with Gasteiger partial charge in [0.15, 0.2) is 5.82 Å². The van der Waals surface area contributed by atoms with Crippen molar-refractivity contribution in [2.45, 2.75) is 19.0 Å². The maximum Gasteiger partial charge on any atom is 0.242 e. The normalized spacial score (nSPS) is 17.9. The molecule has 108 valence electrons. The fourth-order valence-electron chi connectivity index (χ4n) is 2.10. The van der Waals surface area contributed by atoms with E-state index in [4.69, 9.17) is 0 Å². The molecule has 0 bridgehead atoms. The van der Waals surface area contributed by atoms with Gasteiger partial charge >= 0.3 is 0 Å². The largest absolute Gasteiger partial charge is 0.344 e. The summed E-state index contributed by atoms with van der Waals surface area (Å²) in [6.45, 7) is 0.0638. The third-order valence-corrected chi connectivity index (χ3v) is 4.15. The van der Waals surface area contributed by atoms with Gasteiger partial charge in [-0.1, -0.05) is 42.1 Å². The summed E-state index contributed by atoms with van der Waals surface area (Å²) in [6, 6.07) is 9.20. The van der Waals surface area contributed by atoms with Crippen molar-refractivity contribution in [1.29, 1.82) is 0 Å². The summed E-state index contributed by atoms with van der Waals surface area (Å²) in [5, 5.41) is 7.03. The number of amides is 1. The van der Waals surface area contributed by atoms with Gasteiger partial charge in [0.2, 0.25) is 11.0 Å². The molecule has 1 aliphatic rings. The highest BCUT2D eigenvalue weighted by Crippen LogP contribution is 2.19. The van der Waals surface area contributed by atoms with Crippen LogP contribution in [-0.4, -0.2) is 37.6 Å². The number of nitrogens with one attached hydrogen (secondary N) is 1. The molecule has 0 spiro atoms. The summed E-state index contributed by atoms with van der Waals surface area (Å²) in [4.78, 5) is 27.6. The van der Waals surface area contributed by atoms with Crippen LogP contribution in [0.25, 0.3) is 11.4 Å². The van der Waals surface area contributed by atoms with Crippen LogP contribution in [0.1, 0.15) is 6.42 Å². The van der Waals surface area contributed by atoms with Gasteiger partial charge in [0.1, 0.15) is 12.9 Å². The van der Waals surface area contributed by atoms with E-state index >= 15 is 0 Å². The quantitative estimate of drug-likeness (QED) is 0.915. The Labute approximate surface area is 125 Å². The number of hydrogen-bond donors (Lipinski definition) is 1. The van der Waals surface area contributed by atoms with Crippen molar-refractivity contribution < 1.29 is 9.59 Å². The first-order valence-corrected chi connectivity index (χ1v) is 7.62. The molecule has 1 fully saturated rings. The Bertz CT molecular complexity index is 656. The van der Waals surface area contributed by atoms with Gasteiger partial charge in [-0.2, -0.15) is 5.10 Å². The highest BCUT2D eigenvalue weighted by atomic mass is 32.2. The fraction of sp³-hybridized carbons (Fsp3) is 0.286. The summed E-state index contributed by atoms with van der Waals surface area (Å²) in [7, 11) is 0. The van der Waals surface area contributed by atoms with Gasteiger partial charge in [-0.3, -0.25) is 9.59 Å². The van der Waals surface area contributed by atoms with E-state index in [1.807, 2.05) is 30.3 Å². The molecular formula is C14H14N4O2S. The van der Waals surface area contributed by atoms with E-state index in [2.05, 4.69) is 15.4 Å². The molecule has 1 N–H and O–H groups in total. The number of nitrogens with zero attached hydrogens (tertiary/aromatic N) is 3. The van der Waals surface area contributed by atoms with Crippen molar-refractivity contribution in [3.8, 4) is 11.4 Å². The monoisotopic (exact) mass is 302 g/mol. The van der Waals surface area contributed by atoms with E-state index in [0.29, 0.717) is 12.2 Å². The highest BCUT2D eigenvalue weighted by Gasteiger charge is 2.26. The average Bonchev–Trinajstić information content (AvgIpc) is 3.10. The first kappa shape index (κ1) is 13.8. The molecular weight excluding hydrogens is 288 g/mol. The first-order chi connectivity index (χ1) is 10.2. The third kappa shape index (κ3) is 3.30. The Kier molecular flexibility index (Phi) is 4.01. The number of hydrogen-bond acceptors (Lipinski definition) is 5. The van der Waals surface area contributed by atoms with Crippen molar-refractivity contribution in [3.63, 3.8) is 0 Å². The number of thioether (sulfide) groups is 1. The zero-order chi connectivity index (χ0) is 14.7. The maximum atomic E-state index is 11.9. The van der Waals surface area contributed by atoms with Gasteiger partial charge in [-0.15, -0.1) is 0 Å². The van der Waals surface area contributed by atoms with Crippen LogP contribution in [0.4, 0.5) is 0 Å². The minimum atomic E-state index is -0.361. The molecule has 2 aromatic rings. The predicted molar refractivity (Wildman–Crippen MR) is 79.5 cm³/mol. The second kappa shape index (κ2) is 6.09. The molecule has 6 nitrogen and oxygen atoms in total. The zero-order valence-corrected chi connectivity index (χ0v) is 12.0. The summed E-state index contributed by atoms with van der Waals surface area (Å²) >= 11 is 1.27. The summed E-state index contributed by atoms with van der Waals surface area (Å²) in [6.07, 6.45) is 2.22. The summed E-state index contributed by atoms with van der Waals surface area (Å²) in [5.74, 6) is 1.13. The predicted octanol–water partition coefficient (Wildman–Crippen LogP) is 1.09. The van der Waals surface area contributed by atoms with Crippen LogP contribution in [0.2, 0.25) is 0 Å². The molecule has 1 aliphatic heterocycles. The van der Waals surface area contributed by atoms with Gasteiger partial charge in [0, 0.05) is 11.3 Å². The molecule has 21 heavy (non-hydrogen) atoms. The number of rotatable bonds is 4. The molecule has 1 amide bonds. The van der Waals surface area contributed by atoms with Crippen LogP contribution < -0.4 is 5.32 Å². The van der Waals surface area contributed by atoms with Crippen molar-refractivity contribution in [2.75, 3.05) is 5.75 Å². The Morgan fingerprint density at radius 3 is 2.90 bits per heavy atom. The lowest BCUT2D eigenvalue weighted by Gasteiger charge is -2.09. The van der Waals surface area contributed by atoms with E-state index in [-0.39, 0.29) is 23.6 Å². The van der Waals surface area contributed by atoms with Crippen molar-refractivity contribution in [2.24, 2.45) is 0 Å². The van der Waals surface area contributed by atoms with E-state index in [1.165, 1.54) is 22.8 Å². The number of benzene rings is 1. The van der Waals surface area contributed by atoms with Gasteiger partial charge in [-0.05, 0) is 6.42 Å². The first-order valence-electron chi connectivity index (χ1n) is 6.63. The molecule has 3 rings (SSSR count). The average molecular weight is 302 g/mol. The molecule has 1 saturated heterocycles. The Morgan fingerprint density at radius 2 is 2.19 bits per heavy atom. The van der Waals surface area contributed by atoms with Gasteiger partial charge in [-0.25, -0.2) is 9.67 Å². The van der Waals surface area contributed by atoms with E-state index in [1.54, 1.807) is 0 Å². The fourth-order valence-corrected chi connectivity index (χ4v) is 3.04. The van der Waals surface area contributed by atoms with Crippen molar-refractivity contribution in [3.05, 3.63) is 36.7 Å². The van der Waals surface area contributed by atoms with Crippen LogP contribution in [0.3, 0.4) is 0 Å². The van der Waals surface area contributed by atoms with E-state index in [9.17, 15) is 9.59 Å². The van der Waals surface area contributed by atoms with Crippen LogP contribution in [0.15, 0.2) is 36.7 Å². The molecule has 1 unspecified atom stereocenters. The molecule has 1 aromatic carbocycles. The standard InChI is InChI=1S/C14H14N4O2S/c19-12(16-11-6-7-21-14(11)20)8-18-9-15-13(17-18)10-4-2-1-3-5-10/h1-5,9,11H,6-8H2,(H,16,19). The number of carbonyl (C=O) groups excluding carboxylic acids is 2. The minimum absolute atomic E-state index is 0.0342. The van der Waals surface area contributed by atoms with E-state index < -0.39 is 0 Å². The molecule has 7 heteroatoms. The summed E-state index contributed by atoms with van der Waals surface area (Å²) in [5.41, 5.74) is 0.902. The minimum Gasteiger partial charge on any atom is -0.344 e.